The number of nitrogens with zero attached hydrogens (tertiary/aromatic N) is 4. The molecule has 0 N–H and O–H groups in total. The first-order valence-electron chi connectivity index (χ1n) is 7.22. The Labute approximate surface area is 122 Å². The summed E-state index contributed by atoms with van der Waals surface area (Å²) in [7, 11) is 0. The van der Waals surface area contributed by atoms with Crippen molar-refractivity contribution >= 4 is 11.3 Å². The molecule has 3 aromatic rings. The molecule has 5 heteroatoms. The number of hydrogen-bond acceptors (Lipinski definition) is 3. The first-order chi connectivity index (χ1) is 10.2. The number of ketones is 1. The van der Waals surface area contributed by atoms with E-state index in [4.69, 9.17) is 0 Å². The zero-order valence-electron chi connectivity index (χ0n) is 11.9. The Kier molecular flexibility index (Phi) is 2.67. The molecule has 0 spiro atoms. The standard InChI is InChI=1S/C16H16N4O/c1-11(21)15-7-18-20-10-13(4-5-16(15)20)14-6-17-19(9-14)8-12-2-3-12/h4-7,9-10,12H,2-3,8H2,1H3. The normalized spacial score (nSPS) is 14.7. The summed E-state index contributed by atoms with van der Waals surface area (Å²) in [6.07, 6.45) is 10.2. The molecule has 1 aliphatic rings. The van der Waals surface area contributed by atoms with Crippen molar-refractivity contribution in [3.8, 4) is 11.1 Å². The summed E-state index contributed by atoms with van der Waals surface area (Å²) >= 11 is 0. The van der Waals surface area contributed by atoms with Gasteiger partial charge in [-0.25, -0.2) is 4.52 Å². The first kappa shape index (κ1) is 12.3. The van der Waals surface area contributed by atoms with Gasteiger partial charge < -0.3 is 0 Å². The Balaban J connectivity index is 1.69. The third kappa shape index (κ3) is 2.24. The summed E-state index contributed by atoms with van der Waals surface area (Å²) < 4.78 is 3.77. The van der Waals surface area contributed by atoms with Gasteiger partial charge in [0.25, 0.3) is 0 Å². The van der Waals surface area contributed by atoms with Gasteiger partial charge in [-0.2, -0.15) is 10.2 Å². The lowest BCUT2D eigenvalue weighted by molar-refractivity contribution is 0.101. The van der Waals surface area contributed by atoms with E-state index >= 15 is 0 Å². The van der Waals surface area contributed by atoms with Gasteiger partial charge in [0.05, 0.1) is 23.5 Å². The van der Waals surface area contributed by atoms with Crippen LogP contribution in [0.25, 0.3) is 16.6 Å². The molecule has 21 heavy (non-hydrogen) atoms. The second-order valence-corrected chi connectivity index (χ2v) is 5.76. The Hall–Kier alpha value is -2.43. The maximum Gasteiger partial charge on any atom is 0.163 e. The van der Waals surface area contributed by atoms with Crippen molar-refractivity contribution in [2.24, 2.45) is 5.92 Å². The monoisotopic (exact) mass is 280 g/mol. The minimum Gasteiger partial charge on any atom is -0.294 e. The molecule has 1 saturated carbocycles. The predicted octanol–water partition coefficient (Wildman–Crippen LogP) is 2.81. The molecule has 3 heterocycles. The van der Waals surface area contributed by atoms with E-state index in [0.717, 1.165) is 29.1 Å². The van der Waals surface area contributed by atoms with E-state index in [2.05, 4.69) is 16.4 Å². The Morgan fingerprint density at radius 1 is 1.19 bits per heavy atom. The smallest absolute Gasteiger partial charge is 0.163 e. The number of fused-ring (bicyclic) bond motifs is 1. The Bertz CT molecular complexity index is 826. The number of pyridine rings is 1. The van der Waals surface area contributed by atoms with E-state index in [1.165, 1.54) is 12.8 Å². The highest BCUT2D eigenvalue weighted by Crippen LogP contribution is 2.31. The minimum absolute atomic E-state index is 0.0370. The highest BCUT2D eigenvalue weighted by atomic mass is 16.1. The van der Waals surface area contributed by atoms with Crippen LogP contribution in [-0.2, 0) is 6.54 Å². The molecule has 0 unspecified atom stereocenters. The molecule has 0 aliphatic heterocycles. The number of carbonyl (C=O) groups excluding carboxylic acids is 1. The summed E-state index contributed by atoms with van der Waals surface area (Å²) in [6.45, 7) is 2.57. The lowest BCUT2D eigenvalue weighted by Crippen LogP contribution is -1.99. The van der Waals surface area contributed by atoms with Crippen LogP contribution in [0.3, 0.4) is 0 Å². The molecule has 0 aromatic carbocycles. The molecule has 106 valence electrons. The van der Waals surface area contributed by atoms with E-state index in [1.54, 1.807) is 17.6 Å². The average Bonchev–Trinajstić information content (AvgIpc) is 3.00. The number of hydrogen-bond donors (Lipinski definition) is 0. The van der Waals surface area contributed by atoms with Crippen LogP contribution < -0.4 is 0 Å². The van der Waals surface area contributed by atoms with Crippen molar-refractivity contribution in [2.75, 3.05) is 0 Å². The second kappa shape index (κ2) is 4.55. The molecule has 1 aliphatic carbocycles. The van der Waals surface area contributed by atoms with E-state index in [9.17, 15) is 4.79 Å². The fourth-order valence-electron chi connectivity index (χ4n) is 2.60. The van der Waals surface area contributed by atoms with Gasteiger partial charge in [0.2, 0.25) is 0 Å². The maximum atomic E-state index is 11.5. The van der Waals surface area contributed by atoms with Crippen molar-refractivity contribution in [1.82, 2.24) is 19.4 Å². The van der Waals surface area contributed by atoms with E-state index in [0.29, 0.717) is 5.56 Å². The van der Waals surface area contributed by atoms with Gasteiger partial charge in [-0.1, -0.05) is 6.07 Å². The van der Waals surface area contributed by atoms with Crippen LogP contribution in [-0.4, -0.2) is 25.2 Å². The van der Waals surface area contributed by atoms with Crippen LogP contribution in [0.2, 0.25) is 0 Å². The molecule has 0 amide bonds. The molecule has 5 nitrogen and oxygen atoms in total. The van der Waals surface area contributed by atoms with E-state index in [1.807, 2.05) is 29.2 Å². The Morgan fingerprint density at radius 2 is 2.05 bits per heavy atom. The number of Topliss-reactive ketones (excluding diaryl/α,β-unsaturated/α-hetero) is 1. The number of carbonyl (C=O) groups is 1. The molecule has 0 bridgehead atoms. The van der Waals surface area contributed by atoms with Gasteiger partial charge >= 0.3 is 0 Å². The Morgan fingerprint density at radius 3 is 2.81 bits per heavy atom. The summed E-state index contributed by atoms with van der Waals surface area (Å²) in [5.74, 6) is 0.847. The van der Waals surface area contributed by atoms with Crippen molar-refractivity contribution in [2.45, 2.75) is 26.3 Å². The van der Waals surface area contributed by atoms with Crippen molar-refractivity contribution in [3.05, 3.63) is 42.5 Å². The van der Waals surface area contributed by atoms with Crippen LogP contribution in [0.15, 0.2) is 36.9 Å². The van der Waals surface area contributed by atoms with E-state index < -0.39 is 0 Å². The zero-order valence-corrected chi connectivity index (χ0v) is 11.9. The van der Waals surface area contributed by atoms with Gasteiger partial charge in [0, 0.05) is 30.1 Å². The van der Waals surface area contributed by atoms with Crippen LogP contribution >= 0.6 is 0 Å². The number of aromatic nitrogens is 4. The van der Waals surface area contributed by atoms with Gasteiger partial charge in [-0.05, 0) is 31.7 Å². The molecule has 3 aromatic heterocycles. The van der Waals surface area contributed by atoms with Gasteiger partial charge in [-0.3, -0.25) is 9.48 Å². The molecule has 4 rings (SSSR count). The van der Waals surface area contributed by atoms with Crippen LogP contribution in [0.4, 0.5) is 0 Å². The predicted molar refractivity (Wildman–Crippen MR) is 79.1 cm³/mol. The first-order valence-corrected chi connectivity index (χ1v) is 7.22. The zero-order chi connectivity index (χ0) is 14.4. The highest BCUT2D eigenvalue weighted by molar-refractivity contribution is 6.00. The highest BCUT2D eigenvalue weighted by Gasteiger charge is 2.22. The topological polar surface area (TPSA) is 52.2 Å². The largest absolute Gasteiger partial charge is 0.294 e. The lowest BCUT2D eigenvalue weighted by atomic mass is 10.1. The third-order valence-corrected chi connectivity index (χ3v) is 4.00. The van der Waals surface area contributed by atoms with Crippen molar-refractivity contribution in [1.29, 1.82) is 0 Å². The summed E-state index contributed by atoms with van der Waals surface area (Å²) in [4.78, 5) is 11.5. The van der Waals surface area contributed by atoms with E-state index in [-0.39, 0.29) is 5.78 Å². The SMILES string of the molecule is CC(=O)c1cnn2cc(-c3cnn(CC4CC4)c3)ccc12. The summed E-state index contributed by atoms with van der Waals surface area (Å²) in [6, 6.07) is 3.96. The van der Waals surface area contributed by atoms with Gasteiger partial charge in [0.15, 0.2) is 5.78 Å². The fraction of sp³-hybridized carbons (Fsp3) is 0.312. The second-order valence-electron chi connectivity index (χ2n) is 5.76. The quantitative estimate of drug-likeness (QED) is 0.690. The maximum absolute atomic E-state index is 11.5. The van der Waals surface area contributed by atoms with Crippen LogP contribution in [0, 0.1) is 5.92 Å². The van der Waals surface area contributed by atoms with Gasteiger partial charge in [-0.15, -0.1) is 0 Å². The summed E-state index contributed by atoms with van der Waals surface area (Å²) in [5, 5.41) is 8.68. The molecular formula is C16H16N4O. The van der Waals surface area contributed by atoms with Gasteiger partial charge in [0.1, 0.15) is 0 Å². The summed E-state index contributed by atoms with van der Waals surface area (Å²) in [5.41, 5.74) is 3.64. The molecule has 0 radical (unpaired) electrons. The lowest BCUT2D eigenvalue weighted by Gasteiger charge is -2.00. The molecular weight excluding hydrogens is 264 g/mol. The third-order valence-electron chi connectivity index (χ3n) is 4.00. The minimum atomic E-state index is 0.0370. The molecule has 1 fully saturated rings. The van der Waals surface area contributed by atoms with Crippen molar-refractivity contribution in [3.63, 3.8) is 0 Å². The number of rotatable bonds is 4. The van der Waals surface area contributed by atoms with Crippen molar-refractivity contribution < 1.29 is 4.79 Å². The molecule has 0 atom stereocenters. The molecule has 0 saturated heterocycles. The van der Waals surface area contributed by atoms with Crippen LogP contribution in [0.1, 0.15) is 30.1 Å². The fourth-order valence-corrected chi connectivity index (χ4v) is 2.60. The van der Waals surface area contributed by atoms with Crippen LogP contribution in [0.5, 0.6) is 0 Å². The average molecular weight is 280 g/mol.